The van der Waals surface area contributed by atoms with Gasteiger partial charge in [0.05, 0.1) is 23.7 Å². The number of rotatable bonds is 10. The fourth-order valence-corrected chi connectivity index (χ4v) is 6.97. The molecule has 2 saturated heterocycles. The van der Waals surface area contributed by atoms with Crippen molar-refractivity contribution in [3.63, 3.8) is 0 Å². The van der Waals surface area contributed by atoms with Crippen LogP contribution in [-0.2, 0) is 29.5 Å². The third kappa shape index (κ3) is 6.93. The Kier molecular flexibility index (Phi) is 7.54. The van der Waals surface area contributed by atoms with Crippen LogP contribution in [0.1, 0.15) is 51.4 Å². The normalized spacial score (nSPS) is 27.7. The average Bonchev–Trinajstić information content (AvgIpc) is 3.44. The topological polar surface area (TPSA) is 102 Å². The van der Waals surface area contributed by atoms with E-state index in [9.17, 15) is 16.8 Å². The highest BCUT2D eigenvalue weighted by Gasteiger charge is 2.38. The number of ether oxygens (including phenoxy) is 2. The van der Waals surface area contributed by atoms with Crippen LogP contribution in [-0.4, -0.2) is 77.2 Å². The molecule has 1 N–H and O–H groups in total. The minimum Gasteiger partial charge on any atom is -0.377 e. The van der Waals surface area contributed by atoms with Gasteiger partial charge in [0.15, 0.2) is 0 Å². The van der Waals surface area contributed by atoms with Crippen molar-refractivity contribution in [1.29, 1.82) is 0 Å². The smallest absolute Gasteiger partial charge is 0.216 e. The average molecular weight is 425 g/mol. The molecule has 1 aliphatic carbocycles. The number of hydrogen-bond acceptors (Lipinski definition) is 6. The first-order chi connectivity index (χ1) is 12.9. The fraction of sp³-hybridized carbons (Fsp3) is 1.00. The van der Waals surface area contributed by atoms with Gasteiger partial charge in [0.25, 0.3) is 0 Å². The third-order valence-electron chi connectivity index (χ3n) is 5.32. The van der Waals surface area contributed by atoms with Gasteiger partial charge in [0.2, 0.25) is 20.0 Å². The van der Waals surface area contributed by atoms with E-state index in [0.29, 0.717) is 13.2 Å². The Labute approximate surface area is 163 Å². The largest absolute Gasteiger partial charge is 0.377 e. The number of nitrogens with zero attached hydrogens (tertiary/aromatic N) is 1. The van der Waals surface area contributed by atoms with Gasteiger partial charge in [0, 0.05) is 32.3 Å². The molecule has 3 aliphatic rings. The quantitative estimate of drug-likeness (QED) is 0.558. The zero-order valence-electron chi connectivity index (χ0n) is 15.8. The van der Waals surface area contributed by atoms with Crippen molar-refractivity contribution in [1.82, 2.24) is 9.03 Å². The molecule has 2 unspecified atom stereocenters. The van der Waals surface area contributed by atoms with Crippen LogP contribution in [0.25, 0.3) is 0 Å². The maximum Gasteiger partial charge on any atom is 0.216 e. The third-order valence-corrected chi connectivity index (χ3v) is 8.76. The molecule has 8 nitrogen and oxygen atoms in total. The monoisotopic (exact) mass is 424 g/mol. The minimum atomic E-state index is -3.48. The summed E-state index contributed by atoms with van der Waals surface area (Å²) >= 11 is 0. The highest BCUT2D eigenvalue weighted by atomic mass is 32.2. The van der Waals surface area contributed by atoms with Gasteiger partial charge in [-0.25, -0.2) is 21.6 Å². The standard InChI is InChI=1S/C17H32N2O6S2/c20-26(21,13-16-5-1-3-11-24-16)18-9-10-19(15-7-8-15)27(22,23)14-17-6-2-4-12-25-17/h15-18H,1-14H2. The van der Waals surface area contributed by atoms with Gasteiger partial charge < -0.3 is 9.47 Å². The van der Waals surface area contributed by atoms with Crippen molar-refractivity contribution in [3.05, 3.63) is 0 Å². The van der Waals surface area contributed by atoms with Crippen molar-refractivity contribution in [2.45, 2.75) is 69.6 Å². The Balaban J connectivity index is 1.49. The zero-order valence-corrected chi connectivity index (χ0v) is 17.5. The highest BCUT2D eigenvalue weighted by molar-refractivity contribution is 7.89. The van der Waals surface area contributed by atoms with E-state index in [0.717, 1.165) is 51.4 Å². The summed E-state index contributed by atoms with van der Waals surface area (Å²) < 4.78 is 65.2. The number of nitrogens with one attached hydrogen (secondary N) is 1. The molecule has 27 heavy (non-hydrogen) atoms. The van der Waals surface area contributed by atoms with Crippen molar-refractivity contribution in [2.75, 3.05) is 37.8 Å². The molecule has 0 aromatic rings. The molecule has 0 radical (unpaired) electrons. The number of hydrogen-bond donors (Lipinski definition) is 1. The molecule has 0 amide bonds. The number of sulfonamides is 2. The molecule has 0 aromatic carbocycles. The predicted molar refractivity (Wildman–Crippen MR) is 102 cm³/mol. The van der Waals surface area contributed by atoms with Crippen molar-refractivity contribution >= 4 is 20.0 Å². The second-order valence-corrected chi connectivity index (χ2v) is 11.6. The van der Waals surface area contributed by atoms with Gasteiger partial charge in [-0.05, 0) is 51.4 Å². The van der Waals surface area contributed by atoms with Crippen LogP contribution >= 0.6 is 0 Å². The first-order valence-electron chi connectivity index (χ1n) is 10.1. The van der Waals surface area contributed by atoms with Gasteiger partial charge in [-0.3, -0.25) is 0 Å². The molecule has 3 fully saturated rings. The molecule has 0 bridgehead atoms. The van der Waals surface area contributed by atoms with Gasteiger partial charge in [0.1, 0.15) is 0 Å². The Hall–Kier alpha value is -0.260. The van der Waals surface area contributed by atoms with Crippen LogP contribution in [0.4, 0.5) is 0 Å². The Morgan fingerprint density at radius 3 is 1.93 bits per heavy atom. The second kappa shape index (κ2) is 9.49. The summed E-state index contributed by atoms with van der Waals surface area (Å²) in [6.45, 7) is 1.49. The Bertz CT molecular complexity index is 666. The first kappa shape index (κ1) is 21.4. The maximum atomic E-state index is 12.8. The summed E-state index contributed by atoms with van der Waals surface area (Å²) in [5.41, 5.74) is 0. The summed E-state index contributed by atoms with van der Waals surface area (Å²) in [5, 5.41) is 0. The van der Waals surface area contributed by atoms with Gasteiger partial charge in [-0.2, -0.15) is 4.31 Å². The molecule has 3 rings (SSSR count). The van der Waals surface area contributed by atoms with Crippen molar-refractivity contribution in [2.24, 2.45) is 0 Å². The summed E-state index contributed by atoms with van der Waals surface area (Å²) in [4.78, 5) is 0. The van der Waals surface area contributed by atoms with E-state index in [1.54, 1.807) is 0 Å². The molecule has 2 atom stereocenters. The van der Waals surface area contributed by atoms with Crippen LogP contribution in [0, 0.1) is 0 Å². The van der Waals surface area contributed by atoms with Crippen LogP contribution in [0.2, 0.25) is 0 Å². The predicted octanol–water partition coefficient (Wildman–Crippen LogP) is 0.838. The molecule has 2 aliphatic heterocycles. The minimum absolute atomic E-state index is 0.00442. The zero-order chi connectivity index (χ0) is 19.3. The molecule has 2 heterocycles. The molecule has 1 saturated carbocycles. The van der Waals surface area contributed by atoms with Crippen LogP contribution in [0.3, 0.4) is 0 Å². The van der Waals surface area contributed by atoms with E-state index in [2.05, 4.69) is 4.72 Å². The lowest BCUT2D eigenvalue weighted by atomic mass is 10.1. The molecular weight excluding hydrogens is 392 g/mol. The van der Waals surface area contributed by atoms with Crippen LogP contribution in [0.5, 0.6) is 0 Å². The molecule has 10 heteroatoms. The lowest BCUT2D eigenvalue weighted by Crippen LogP contribution is -2.44. The summed E-state index contributed by atoms with van der Waals surface area (Å²) in [6, 6.07) is 0.00442. The first-order valence-corrected chi connectivity index (χ1v) is 13.3. The van der Waals surface area contributed by atoms with E-state index in [-0.39, 0.29) is 42.8 Å². The second-order valence-electron chi connectivity index (χ2n) is 7.77. The van der Waals surface area contributed by atoms with Gasteiger partial charge >= 0.3 is 0 Å². The SMILES string of the molecule is O=S(=O)(CC1CCCCO1)NCCN(C1CC1)S(=O)(=O)CC1CCCCO1. The summed E-state index contributed by atoms with van der Waals surface area (Å²) in [5.74, 6) is -0.0642. The van der Waals surface area contributed by atoms with E-state index >= 15 is 0 Å². The maximum absolute atomic E-state index is 12.8. The molecular formula is C17H32N2O6S2. The van der Waals surface area contributed by atoms with Gasteiger partial charge in [-0.1, -0.05) is 0 Å². The lowest BCUT2D eigenvalue weighted by molar-refractivity contribution is 0.0297. The fourth-order valence-electron chi connectivity index (χ4n) is 3.73. The summed E-state index contributed by atoms with van der Waals surface area (Å²) in [6.07, 6.45) is 6.63. The van der Waals surface area contributed by atoms with E-state index in [4.69, 9.17) is 9.47 Å². The van der Waals surface area contributed by atoms with Crippen LogP contribution in [0.15, 0.2) is 0 Å². The Morgan fingerprint density at radius 1 is 0.815 bits per heavy atom. The van der Waals surface area contributed by atoms with Crippen LogP contribution < -0.4 is 4.72 Å². The van der Waals surface area contributed by atoms with E-state index in [1.807, 2.05) is 0 Å². The Morgan fingerprint density at radius 2 is 1.41 bits per heavy atom. The van der Waals surface area contributed by atoms with Crippen molar-refractivity contribution in [3.8, 4) is 0 Å². The molecule has 158 valence electrons. The molecule has 0 aromatic heterocycles. The van der Waals surface area contributed by atoms with E-state index < -0.39 is 20.0 Å². The van der Waals surface area contributed by atoms with E-state index in [1.165, 1.54) is 4.31 Å². The molecule has 0 spiro atoms. The lowest BCUT2D eigenvalue weighted by Gasteiger charge is -2.27. The highest BCUT2D eigenvalue weighted by Crippen LogP contribution is 2.30. The summed E-state index contributed by atoms with van der Waals surface area (Å²) in [7, 11) is -6.93. The van der Waals surface area contributed by atoms with Gasteiger partial charge in [-0.15, -0.1) is 0 Å². The van der Waals surface area contributed by atoms with Crippen molar-refractivity contribution < 1.29 is 26.3 Å².